The third-order valence-corrected chi connectivity index (χ3v) is 7.02. The molecule has 0 atom stereocenters. The van der Waals surface area contributed by atoms with E-state index in [2.05, 4.69) is 4.98 Å². The predicted octanol–water partition coefficient (Wildman–Crippen LogP) is 2.59. The molecule has 1 aliphatic heterocycles. The van der Waals surface area contributed by atoms with Crippen LogP contribution in [0.4, 0.5) is 4.79 Å². The fraction of sp³-hybridized carbons (Fsp3) is 0.444. The van der Waals surface area contributed by atoms with Crippen molar-refractivity contribution >= 4 is 44.3 Å². The lowest BCUT2D eigenvalue weighted by molar-refractivity contribution is -0.132. The molecule has 0 saturated carbocycles. The van der Waals surface area contributed by atoms with Gasteiger partial charge in [0.25, 0.3) is 0 Å². The van der Waals surface area contributed by atoms with Crippen LogP contribution < -0.4 is 0 Å². The van der Waals surface area contributed by atoms with Gasteiger partial charge in [-0.2, -0.15) is 0 Å². The number of sulfone groups is 1. The van der Waals surface area contributed by atoms with E-state index in [0.29, 0.717) is 41.9 Å². The quantitative estimate of drug-likeness (QED) is 0.761. The molecule has 0 unspecified atom stereocenters. The second kappa shape index (κ2) is 8.00. The first-order valence-electron chi connectivity index (χ1n) is 8.92. The van der Waals surface area contributed by atoms with Crippen molar-refractivity contribution in [3.05, 3.63) is 29.3 Å². The van der Waals surface area contributed by atoms with Gasteiger partial charge in [0.1, 0.15) is 5.03 Å². The summed E-state index contributed by atoms with van der Waals surface area (Å²) in [6.07, 6.45) is 0.000499. The number of benzene rings is 1. The van der Waals surface area contributed by atoms with Crippen LogP contribution in [0, 0.1) is 0 Å². The molecule has 1 fully saturated rings. The van der Waals surface area contributed by atoms with Gasteiger partial charge in [0.05, 0.1) is 5.75 Å². The van der Waals surface area contributed by atoms with Crippen LogP contribution >= 0.6 is 11.6 Å². The van der Waals surface area contributed by atoms with Gasteiger partial charge in [-0.25, -0.2) is 13.2 Å². The van der Waals surface area contributed by atoms with Crippen LogP contribution in [0.2, 0.25) is 5.02 Å². The maximum Gasteiger partial charge on any atom is 0.407 e. The Morgan fingerprint density at radius 1 is 1.29 bits per heavy atom. The van der Waals surface area contributed by atoms with Gasteiger partial charge in [0.2, 0.25) is 5.91 Å². The Balaban J connectivity index is 1.60. The molecule has 1 aromatic carbocycles. The minimum atomic E-state index is -3.65. The molecule has 1 aromatic heterocycles. The number of carbonyl (C=O) groups excluding carboxylic acids is 1. The number of amides is 2. The van der Waals surface area contributed by atoms with Crippen molar-refractivity contribution in [2.24, 2.45) is 0 Å². The largest absolute Gasteiger partial charge is 0.465 e. The van der Waals surface area contributed by atoms with E-state index in [9.17, 15) is 18.0 Å². The highest BCUT2D eigenvalue weighted by molar-refractivity contribution is 7.91. The summed E-state index contributed by atoms with van der Waals surface area (Å²) in [5.41, 5.74) is 0.664. The summed E-state index contributed by atoms with van der Waals surface area (Å²) in [4.78, 5) is 29.1. The van der Waals surface area contributed by atoms with Crippen LogP contribution in [0.5, 0.6) is 0 Å². The van der Waals surface area contributed by atoms with E-state index in [0.717, 1.165) is 0 Å². The third kappa shape index (κ3) is 4.41. The first kappa shape index (κ1) is 20.5. The van der Waals surface area contributed by atoms with Crippen LogP contribution in [0.25, 0.3) is 10.9 Å². The Morgan fingerprint density at radius 2 is 1.96 bits per heavy atom. The van der Waals surface area contributed by atoms with Crippen molar-refractivity contribution in [1.29, 1.82) is 0 Å². The number of nitrogens with one attached hydrogen (secondary N) is 1. The Kier molecular flexibility index (Phi) is 5.85. The molecule has 3 rings (SSSR count). The highest BCUT2D eigenvalue weighted by atomic mass is 35.5. The number of aromatic amines is 1. The number of fused-ring (bicyclic) bond motifs is 1. The molecule has 28 heavy (non-hydrogen) atoms. The number of hydrogen-bond donors (Lipinski definition) is 2. The average molecular weight is 428 g/mol. The van der Waals surface area contributed by atoms with Crippen molar-refractivity contribution in [1.82, 2.24) is 14.8 Å². The van der Waals surface area contributed by atoms with Gasteiger partial charge in [-0.05, 0) is 37.1 Å². The summed E-state index contributed by atoms with van der Waals surface area (Å²) >= 11 is 5.93. The van der Waals surface area contributed by atoms with Gasteiger partial charge < -0.3 is 19.9 Å². The number of hydrogen-bond acceptors (Lipinski definition) is 4. The number of nitrogens with zero attached hydrogens (tertiary/aromatic N) is 2. The van der Waals surface area contributed by atoms with Gasteiger partial charge in [-0.15, -0.1) is 0 Å². The summed E-state index contributed by atoms with van der Waals surface area (Å²) < 4.78 is 25.2. The van der Waals surface area contributed by atoms with Crippen molar-refractivity contribution in [3.63, 3.8) is 0 Å². The number of aromatic nitrogens is 1. The molecule has 152 valence electrons. The fourth-order valence-corrected chi connectivity index (χ4v) is 4.82. The number of H-pyrrole nitrogens is 1. The number of carbonyl (C=O) groups is 2. The summed E-state index contributed by atoms with van der Waals surface area (Å²) in [5, 5.41) is 10.3. The van der Waals surface area contributed by atoms with Crippen LogP contribution in [0.3, 0.4) is 0 Å². The monoisotopic (exact) mass is 427 g/mol. The molecule has 1 aliphatic rings. The molecule has 2 N–H and O–H groups in total. The average Bonchev–Trinajstić information content (AvgIpc) is 3.09. The SMILES string of the molecule is CN(C(=O)CCS(=O)(=O)c1cc2cc(Cl)ccc2[nH]1)C1CCN(C(=O)O)CC1. The molecule has 10 heteroatoms. The minimum absolute atomic E-state index is 0.0648. The molecule has 2 aromatic rings. The highest BCUT2D eigenvalue weighted by Crippen LogP contribution is 2.23. The number of carboxylic acid groups (broad SMARTS) is 1. The van der Waals surface area contributed by atoms with E-state index < -0.39 is 15.9 Å². The molecule has 1 saturated heterocycles. The first-order valence-corrected chi connectivity index (χ1v) is 10.9. The Labute approximate surface area is 168 Å². The van der Waals surface area contributed by atoms with Crippen molar-refractivity contribution in [2.45, 2.75) is 30.3 Å². The predicted molar refractivity (Wildman–Crippen MR) is 105 cm³/mol. The lowest BCUT2D eigenvalue weighted by Crippen LogP contribution is -2.47. The van der Waals surface area contributed by atoms with Crippen LogP contribution in [-0.2, 0) is 14.6 Å². The lowest BCUT2D eigenvalue weighted by atomic mass is 10.0. The van der Waals surface area contributed by atoms with Gasteiger partial charge in [-0.3, -0.25) is 4.79 Å². The summed E-state index contributed by atoms with van der Waals surface area (Å²) in [6, 6.07) is 6.49. The van der Waals surface area contributed by atoms with Gasteiger partial charge in [0, 0.05) is 48.5 Å². The zero-order valence-corrected chi connectivity index (χ0v) is 17.0. The normalized spacial score (nSPS) is 15.7. The van der Waals surface area contributed by atoms with Crippen molar-refractivity contribution in [3.8, 4) is 0 Å². The molecular weight excluding hydrogens is 406 g/mol. The van der Waals surface area contributed by atoms with E-state index in [1.54, 1.807) is 30.1 Å². The minimum Gasteiger partial charge on any atom is -0.465 e. The summed E-state index contributed by atoms with van der Waals surface area (Å²) in [5.74, 6) is -0.568. The molecule has 0 bridgehead atoms. The van der Waals surface area contributed by atoms with Gasteiger partial charge in [0.15, 0.2) is 9.84 Å². The third-order valence-electron chi connectivity index (χ3n) is 5.15. The van der Waals surface area contributed by atoms with Crippen LogP contribution in [0.1, 0.15) is 19.3 Å². The van der Waals surface area contributed by atoms with E-state index in [4.69, 9.17) is 16.7 Å². The van der Waals surface area contributed by atoms with E-state index in [-0.39, 0.29) is 29.1 Å². The van der Waals surface area contributed by atoms with E-state index in [1.807, 2.05) is 0 Å². The number of halogens is 1. The Bertz CT molecular complexity index is 996. The molecular formula is C18H22ClN3O5S. The van der Waals surface area contributed by atoms with Gasteiger partial charge >= 0.3 is 6.09 Å². The Hall–Kier alpha value is -2.26. The molecule has 2 heterocycles. The highest BCUT2D eigenvalue weighted by Gasteiger charge is 2.28. The first-order chi connectivity index (χ1) is 13.2. The van der Waals surface area contributed by atoms with E-state index in [1.165, 1.54) is 11.0 Å². The summed E-state index contributed by atoms with van der Waals surface area (Å²) in [7, 11) is -2.01. The number of rotatable bonds is 5. The fourth-order valence-electron chi connectivity index (χ4n) is 3.40. The van der Waals surface area contributed by atoms with Crippen molar-refractivity contribution < 1.29 is 23.1 Å². The smallest absolute Gasteiger partial charge is 0.407 e. The molecule has 0 aliphatic carbocycles. The molecule has 0 radical (unpaired) electrons. The molecule has 2 amide bonds. The van der Waals surface area contributed by atoms with E-state index >= 15 is 0 Å². The summed E-state index contributed by atoms with van der Waals surface area (Å²) in [6.45, 7) is 0.737. The topological polar surface area (TPSA) is 111 Å². The maximum absolute atomic E-state index is 12.6. The second-order valence-corrected chi connectivity index (χ2v) is 9.45. The lowest BCUT2D eigenvalue weighted by Gasteiger charge is -2.35. The van der Waals surface area contributed by atoms with Gasteiger partial charge in [-0.1, -0.05) is 11.6 Å². The zero-order valence-electron chi connectivity index (χ0n) is 15.4. The zero-order chi connectivity index (χ0) is 20.5. The van der Waals surface area contributed by atoms with Crippen LogP contribution in [0.15, 0.2) is 29.3 Å². The number of likely N-dealkylation sites (tertiary alicyclic amines) is 1. The van der Waals surface area contributed by atoms with Crippen LogP contribution in [-0.4, -0.2) is 72.2 Å². The molecule has 0 spiro atoms. The number of piperidine rings is 1. The molecule has 8 nitrogen and oxygen atoms in total. The Morgan fingerprint density at radius 3 is 2.61 bits per heavy atom. The second-order valence-electron chi connectivity index (χ2n) is 6.94. The maximum atomic E-state index is 12.6. The standard InChI is InChI=1S/C18H22ClN3O5S/c1-21(14-4-7-22(8-5-14)18(24)25)17(23)6-9-28(26,27)16-11-12-10-13(19)2-3-15(12)20-16/h2-3,10-11,14,20H,4-9H2,1H3,(H,24,25). The van der Waals surface area contributed by atoms with Crippen molar-refractivity contribution in [2.75, 3.05) is 25.9 Å².